The molecule has 2 aromatic carbocycles. The van der Waals surface area contributed by atoms with Gasteiger partial charge in [-0.15, -0.1) is 0 Å². The number of hydrogen-bond donors (Lipinski definition) is 1. The second-order valence-electron chi connectivity index (χ2n) is 6.59. The third kappa shape index (κ3) is 4.88. The fourth-order valence-electron chi connectivity index (χ4n) is 3.17. The number of anilines is 1. The average molecular weight is 406 g/mol. The molecule has 1 fully saturated rings. The van der Waals surface area contributed by atoms with Gasteiger partial charge in [-0.3, -0.25) is 9.52 Å². The van der Waals surface area contributed by atoms with Crippen LogP contribution in [0.3, 0.4) is 0 Å². The maximum Gasteiger partial charge on any atom is 0.261 e. The molecule has 8 heteroatoms. The van der Waals surface area contributed by atoms with Gasteiger partial charge in [0.05, 0.1) is 11.0 Å². The number of piperidine rings is 1. The van der Waals surface area contributed by atoms with Gasteiger partial charge in [0.2, 0.25) is 0 Å². The second kappa shape index (κ2) is 8.70. The van der Waals surface area contributed by atoms with Crippen LogP contribution in [0, 0.1) is 5.82 Å². The van der Waals surface area contributed by atoms with E-state index in [-0.39, 0.29) is 22.6 Å². The van der Waals surface area contributed by atoms with Crippen LogP contribution in [0.15, 0.2) is 53.4 Å². The number of carbonyl (C=O) groups is 1. The van der Waals surface area contributed by atoms with Crippen molar-refractivity contribution in [2.24, 2.45) is 0 Å². The zero-order chi connectivity index (χ0) is 20.1. The molecule has 0 aliphatic carbocycles. The van der Waals surface area contributed by atoms with Crippen molar-refractivity contribution in [3.63, 3.8) is 0 Å². The Labute approximate surface area is 164 Å². The number of halogens is 1. The average Bonchev–Trinajstić information content (AvgIpc) is 2.70. The molecule has 1 aliphatic rings. The number of nitrogens with one attached hydrogen (secondary N) is 1. The van der Waals surface area contributed by atoms with Gasteiger partial charge in [-0.25, -0.2) is 12.8 Å². The van der Waals surface area contributed by atoms with Crippen LogP contribution >= 0.6 is 0 Å². The Kier molecular flexibility index (Phi) is 6.31. The molecule has 1 heterocycles. The Balaban J connectivity index is 1.72. The fraction of sp³-hybridized carbons (Fsp3) is 0.350. The van der Waals surface area contributed by atoms with Gasteiger partial charge in [0.15, 0.2) is 0 Å². The highest BCUT2D eigenvalue weighted by Crippen LogP contribution is 2.20. The third-order valence-corrected chi connectivity index (χ3v) is 6.00. The Bertz CT molecular complexity index is 923. The Morgan fingerprint density at radius 1 is 1.18 bits per heavy atom. The smallest absolute Gasteiger partial charge is 0.261 e. The number of sulfonamides is 1. The molecule has 0 aromatic heterocycles. The van der Waals surface area contributed by atoms with Crippen molar-refractivity contribution in [2.75, 3.05) is 24.4 Å². The molecule has 0 saturated carbocycles. The second-order valence-corrected chi connectivity index (χ2v) is 8.27. The lowest BCUT2D eigenvalue weighted by molar-refractivity contribution is 0.0146. The molecule has 0 unspecified atom stereocenters. The molecule has 2 aromatic rings. The number of ether oxygens (including phenoxy) is 1. The molecule has 1 saturated heterocycles. The first-order valence-electron chi connectivity index (χ1n) is 9.18. The minimum absolute atomic E-state index is 0.0214. The van der Waals surface area contributed by atoms with E-state index >= 15 is 0 Å². The molecular formula is C20H23FN2O4S. The number of likely N-dealkylation sites (tertiary alicyclic amines) is 1. The summed E-state index contributed by atoms with van der Waals surface area (Å²) in [6.45, 7) is 3.76. The molecule has 1 amide bonds. The number of benzene rings is 2. The zero-order valence-corrected chi connectivity index (χ0v) is 16.4. The summed E-state index contributed by atoms with van der Waals surface area (Å²) in [7, 11) is -3.89. The van der Waals surface area contributed by atoms with E-state index in [0.29, 0.717) is 25.3 Å². The minimum Gasteiger partial charge on any atom is -0.378 e. The lowest BCUT2D eigenvalue weighted by Gasteiger charge is -2.31. The Morgan fingerprint density at radius 3 is 2.50 bits per heavy atom. The quantitative estimate of drug-likeness (QED) is 0.799. The van der Waals surface area contributed by atoms with Crippen LogP contribution in [0.4, 0.5) is 10.1 Å². The molecule has 3 rings (SSSR count). The molecule has 6 nitrogen and oxygen atoms in total. The van der Waals surface area contributed by atoms with Crippen LogP contribution in [-0.4, -0.2) is 45.0 Å². The van der Waals surface area contributed by atoms with E-state index in [2.05, 4.69) is 4.72 Å². The van der Waals surface area contributed by atoms with Gasteiger partial charge in [-0.2, -0.15) is 0 Å². The van der Waals surface area contributed by atoms with Gasteiger partial charge in [0.25, 0.3) is 15.9 Å². The number of amides is 1. The lowest BCUT2D eigenvalue weighted by atomic mass is 10.1. The summed E-state index contributed by atoms with van der Waals surface area (Å²) in [6.07, 6.45) is 1.70. The number of nitrogens with zero attached hydrogens (tertiary/aromatic N) is 1. The zero-order valence-electron chi connectivity index (χ0n) is 15.6. The van der Waals surface area contributed by atoms with Crippen LogP contribution in [0.25, 0.3) is 0 Å². The Hall–Kier alpha value is -2.45. The summed E-state index contributed by atoms with van der Waals surface area (Å²) in [5, 5.41) is 0. The molecule has 0 radical (unpaired) electrons. The van der Waals surface area contributed by atoms with Gasteiger partial charge in [0.1, 0.15) is 5.82 Å². The van der Waals surface area contributed by atoms with Crippen molar-refractivity contribution in [2.45, 2.75) is 30.8 Å². The SMILES string of the molecule is CCOC1CCN(C(=O)c2cccc(S(=O)(=O)Nc3ccc(F)cc3)c2)CC1. The third-order valence-electron chi connectivity index (χ3n) is 4.62. The maximum atomic E-state index is 13.0. The van der Waals surface area contributed by atoms with E-state index in [1.54, 1.807) is 17.0 Å². The maximum absolute atomic E-state index is 13.0. The Morgan fingerprint density at radius 2 is 1.86 bits per heavy atom. The lowest BCUT2D eigenvalue weighted by Crippen LogP contribution is -2.40. The van der Waals surface area contributed by atoms with Crippen molar-refractivity contribution < 1.29 is 22.3 Å². The van der Waals surface area contributed by atoms with Gasteiger partial charge < -0.3 is 9.64 Å². The van der Waals surface area contributed by atoms with Gasteiger partial charge >= 0.3 is 0 Å². The van der Waals surface area contributed by atoms with Crippen molar-refractivity contribution in [1.82, 2.24) is 4.90 Å². The fourth-order valence-corrected chi connectivity index (χ4v) is 4.28. The topological polar surface area (TPSA) is 75.7 Å². The summed E-state index contributed by atoms with van der Waals surface area (Å²) >= 11 is 0. The molecule has 150 valence electrons. The summed E-state index contributed by atoms with van der Waals surface area (Å²) in [6, 6.07) is 10.9. The van der Waals surface area contributed by atoms with Crippen LogP contribution in [-0.2, 0) is 14.8 Å². The van der Waals surface area contributed by atoms with E-state index in [1.165, 1.54) is 36.4 Å². The van der Waals surface area contributed by atoms with Crippen LogP contribution in [0.1, 0.15) is 30.1 Å². The first-order chi connectivity index (χ1) is 13.4. The van der Waals surface area contributed by atoms with Crippen molar-refractivity contribution in [1.29, 1.82) is 0 Å². The van der Waals surface area contributed by atoms with E-state index < -0.39 is 15.8 Å². The largest absolute Gasteiger partial charge is 0.378 e. The van der Waals surface area contributed by atoms with E-state index in [0.717, 1.165) is 12.8 Å². The standard InChI is InChI=1S/C20H23FN2O4S/c1-2-27-18-10-12-23(13-11-18)20(24)15-4-3-5-19(14-15)28(25,26)22-17-8-6-16(21)7-9-17/h3-9,14,18,22H,2,10-13H2,1H3. The first-order valence-corrected chi connectivity index (χ1v) is 10.7. The summed E-state index contributed by atoms with van der Waals surface area (Å²) in [5.41, 5.74) is 0.563. The molecule has 1 aliphatic heterocycles. The van der Waals surface area contributed by atoms with Gasteiger partial charge in [0, 0.05) is 30.9 Å². The molecule has 28 heavy (non-hydrogen) atoms. The van der Waals surface area contributed by atoms with E-state index in [9.17, 15) is 17.6 Å². The number of hydrogen-bond acceptors (Lipinski definition) is 4. The monoisotopic (exact) mass is 406 g/mol. The predicted octanol–water partition coefficient (Wildman–Crippen LogP) is 3.27. The van der Waals surface area contributed by atoms with E-state index in [1.807, 2.05) is 6.92 Å². The van der Waals surface area contributed by atoms with Crippen LogP contribution in [0.5, 0.6) is 0 Å². The molecule has 0 atom stereocenters. The van der Waals surface area contributed by atoms with Crippen molar-refractivity contribution in [3.8, 4) is 0 Å². The summed E-state index contributed by atoms with van der Waals surface area (Å²) in [5.74, 6) is -0.655. The van der Waals surface area contributed by atoms with Gasteiger partial charge in [-0.1, -0.05) is 6.07 Å². The van der Waals surface area contributed by atoms with Crippen LogP contribution in [0.2, 0.25) is 0 Å². The number of rotatable bonds is 6. The molecule has 0 spiro atoms. The highest BCUT2D eigenvalue weighted by molar-refractivity contribution is 7.92. The molecule has 1 N–H and O–H groups in total. The minimum atomic E-state index is -3.89. The highest BCUT2D eigenvalue weighted by atomic mass is 32.2. The van der Waals surface area contributed by atoms with Gasteiger partial charge in [-0.05, 0) is 62.2 Å². The van der Waals surface area contributed by atoms with Crippen molar-refractivity contribution in [3.05, 3.63) is 59.9 Å². The number of carbonyl (C=O) groups excluding carboxylic acids is 1. The molecule has 0 bridgehead atoms. The molecular weight excluding hydrogens is 383 g/mol. The van der Waals surface area contributed by atoms with E-state index in [4.69, 9.17) is 4.74 Å². The summed E-state index contributed by atoms with van der Waals surface area (Å²) in [4.78, 5) is 14.5. The first kappa shape index (κ1) is 20.3. The van der Waals surface area contributed by atoms with Crippen molar-refractivity contribution >= 4 is 21.6 Å². The van der Waals surface area contributed by atoms with Crippen LogP contribution < -0.4 is 4.72 Å². The normalized spacial score (nSPS) is 15.4. The highest BCUT2D eigenvalue weighted by Gasteiger charge is 2.25. The predicted molar refractivity (Wildman–Crippen MR) is 104 cm³/mol. The summed E-state index contributed by atoms with van der Waals surface area (Å²) < 4.78 is 46.2.